The highest BCUT2D eigenvalue weighted by Gasteiger charge is 2.12. The summed E-state index contributed by atoms with van der Waals surface area (Å²) in [5.74, 6) is -0.00158. The minimum Gasteiger partial charge on any atom is -0.396 e. The number of tetrazole rings is 1. The van der Waals surface area contributed by atoms with Crippen LogP contribution in [-0.2, 0) is 0 Å². The van der Waals surface area contributed by atoms with Gasteiger partial charge in [-0.2, -0.15) is 4.68 Å². The van der Waals surface area contributed by atoms with Crippen molar-refractivity contribution < 1.29 is 4.39 Å². The van der Waals surface area contributed by atoms with Gasteiger partial charge in [0.25, 0.3) is 0 Å². The molecule has 20 heavy (non-hydrogen) atoms. The molecular weight excluding hydrogens is 281 g/mol. The summed E-state index contributed by atoms with van der Waals surface area (Å²) < 4.78 is 14.7. The lowest BCUT2D eigenvalue weighted by Crippen LogP contribution is -2.00. The van der Waals surface area contributed by atoms with Gasteiger partial charge < -0.3 is 5.73 Å². The van der Waals surface area contributed by atoms with Crippen LogP contribution in [0.3, 0.4) is 0 Å². The predicted octanol–water partition coefficient (Wildman–Crippen LogP) is 2.70. The van der Waals surface area contributed by atoms with E-state index >= 15 is 0 Å². The van der Waals surface area contributed by atoms with Crippen molar-refractivity contribution >= 4 is 17.3 Å². The van der Waals surface area contributed by atoms with Gasteiger partial charge in [0.2, 0.25) is 0 Å². The Morgan fingerprint density at radius 3 is 2.55 bits per heavy atom. The maximum atomic E-state index is 13.2. The van der Waals surface area contributed by atoms with Crippen LogP contribution in [0.25, 0.3) is 17.1 Å². The molecule has 0 fully saturated rings. The van der Waals surface area contributed by atoms with Crippen LogP contribution < -0.4 is 5.73 Å². The Morgan fingerprint density at radius 1 is 1.10 bits per heavy atom. The van der Waals surface area contributed by atoms with Crippen molar-refractivity contribution in [1.29, 1.82) is 0 Å². The highest BCUT2D eigenvalue weighted by molar-refractivity contribution is 6.30. The van der Waals surface area contributed by atoms with Gasteiger partial charge in [-0.05, 0) is 52.9 Å². The number of anilines is 1. The number of rotatable bonds is 2. The van der Waals surface area contributed by atoms with E-state index in [2.05, 4.69) is 15.5 Å². The average Bonchev–Trinajstić information content (AvgIpc) is 2.92. The van der Waals surface area contributed by atoms with E-state index in [0.717, 1.165) is 5.69 Å². The van der Waals surface area contributed by atoms with Gasteiger partial charge in [0.05, 0.1) is 11.4 Å². The summed E-state index contributed by atoms with van der Waals surface area (Å²) in [7, 11) is 0. The van der Waals surface area contributed by atoms with Gasteiger partial charge in [-0.25, -0.2) is 4.39 Å². The van der Waals surface area contributed by atoms with E-state index in [1.54, 1.807) is 30.3 Å². The molecule has 3 rings (SSSR count). The fourth-order valence-corrected chi connectivity index (χ4v) is 1.93. The standard InChI is InChI=1S/C13H9ClFN5/c14-9-2-4-10(5-3-9)20-13(17-18-19-20)8-1-6-11(15)12(16)7-8/h1-7H,16H2. The first-order valence-corrected chi connectivity index (χ1v) is 6.12. The lowest BCUT2D eigenvalue weighted by Gasteiger charge is -2.05. The zero-order valence-corrected chi connectivity index (χ0v) is 10.9. The predicted molar refractivity (Wildman–Crippen MR) is 74.0 cm³/mol. The first-order chi connectivity index (χ1) is 9.65. The van der Waals surface area contributed by atoms with Gasteiger partial charge in [-0.3, -0.25) is 0 Å². The highest BCUT2D eigenvalue weighted by atomic mass is 35.5. The van der Waals surface area contributed by atoms with Crippen molar-refractivity contribution in [2.24, 2.45) is 0 Å². The summed E-state index contributed by atoms with van der Waals surface area (Å²) in [6, 6.07) is 11.4. The van der Waals surface area contributed by atoms with Crippen LogP contribution in [-0.4, -0.2) is 20.2 Å². The number of hydrogen-bond acceptors (Lipinski definition) is 4. The third-order valence-electron chi connectivity index (χ3n) is 2.79. The largest absolute Gasteiger partial charge is 0.396 e. The molecule has 0 aliphatic rings. The summed E-state index contributed by atoms with van der Waals surface area (Å²) in [5.41, 5.74) is 6.99. The number of benzene rings is 2. The average molecular weight is 290 g/mol. The molecule has 5 nitrogen and oxygen atoms in total. The number of aromatic nitrogens is 4. The Bertz CT molecular complexity index is 754. The van der Waals surface area contributed by atoms with E-state index in [9.17, 15) is 4.39 Å². The molecule has 7 heteroatoms. The number of nitrogens with zero attached hydrogens (tertiary/aromatic N) is 4. The Hall–Kier alpha value is -2.47. The molecule has 2 N–H and O–H groups in total. The summed E-state index contributed by atoms with van der Waals surface area (Å²) in [6.45, 7) is 0. The van der Waals surface area contributed by atoms with Crippen molar-refractivity contribution in [1.82, 2.24) is 20.2 Å². The van der Waals surface area contributed by atoms with Gasteiger partial charge in [-0.15, -0.1) is 5.10 Å². The normalized spacial score (nSPS) is 10.7. The maximum Gasteiger partial charge on any atom is 0.187 e. The lowest BCUT2D eigenvalue weighted by atomic mass is 10.2. The molecule has 2 aromatic carbocycles. The number of nitrogens with two attached hydrogens (primary N) is 1. The second-order valence-corrected chi connectivity index (χ2v) is 4.56. The molecule has 100 valence electrons. The van der Waals surface area contributed by atoms with Gasteiger partial charge >= 0.3 is 0 Å². The zero-order chi connectivity index (χ0) is 14.1. The molecule has 0 bridgehead atoms. The van der Waals surface area contributed by atoms with Crippen LogP contribution in [0.15, 0.2) is 42.5 Å². The van der Waals surface area contributed by atoms with Crippen LogP contribution in [0.5, 0.6) is 0 Å². The minimum atomic E-state index is -0.473. The fraction of sp³-hybridized carbons (Fsp3) is 0. The van der Waals surface area contributed by atoms with Crippen molar-refractivity contribution in [3.63, 3.8) is 0 Å². The molecule has 0 saturated carbocycles. The first kappa shape index (κ1) is 12.6. The van der Waals surface area contributed by atoms with Crippen LogP contribution in [0.2, 0.25) is 5.02 Å². The molecule has 0 aliphatic carbocycles. The second kappa shape index (κ2) is 4.90. The van der Waals surface area contributed by atoms with Gasteiger partial charge in [0.1, 0.15) is 5.82 Å². The van der Waals surface area contributed by atoms with Crippen molar-refractivity contribution in [2.75, 3.05) is 5.73 Å². The summed E-state index contributed by atoms with van der Waals surface area (Å²) in [5, 5.41) is 12.1. The lowest BCUT2D eigenvalue weighted by molar-refractivity contribution is 0.632. The van der Waals surface area contributed by atoms with Gasteiger partial charge in [0.15, 0.2) is 5.82 Å². The Balaban J connectivity index is 2.10. The quantitative estimate of drug-likeness (QED) is 0.736. The van der Waals surface area contributed by atoms with Crippen molar-refractivity contribution in [2.45, 2.75) is 0 Å². The fourth-order valence-electron chi connectivity index (χ4n) is 1.81. The first-order valence-electron chi connectivity index (χ1n) is 5.75. The molecular formula is C13H9ClFN5. The molecule has 0 unspecified atom stereocenters. The third-order valence-corrected chi connectivity index (χ3v) is 3.05. The molecule has 1 heterocycles. The Morgan fingerprint density at radius 2 is 1.85 bits per heavy atom. The number of hydrogen-bond donors (Lipinski definition) is 1. The van der Waals surface area contributed by atoms with Crippen LogP contribution >= 0.6 is 11.6 Å². The SMILES string of the molecule is Nc1cc(-c2nnnn2-c2ccc(Cl)cc2)ccc1F. The van der Waals surface area contributed by atoms with E-state index in [0.29, 0.717) is 16.4 Å². The molecule has 3 aromatic rings. The smallest absolute Gasteiger partial charge is 0.187 e. The number of halogens is 2. The van der Waals surface area contributed by atoms with Crippen LogP contribution in [0.4, 0.5) is 10.1 Å². The Kier molecular flexibility index (Phi) is 3.08. The van der Waals surface area contributed by atoms with E-state index < -0.39 is 5.82 Å². The molecule has 0 saturated heterocycles. The van der Waals surface area contributed by atoms with E-state index in [1.807, 2.05) is 0 Å². The highest BCUT2D eigenvalue weighted by Crippen LogP contribution is 2.23. The van der Waals surface area contributed by atoms with E-state index in [-0.39, 0.29) is 5.69 Å². The molecule has 0 spiro atoms. The second-order valence-electron chi connectivity index (χ2n) is 4.13. The summed E-state index contributed by atoms with van der Waals surface area (Å²) in [4.78, 5) is 0. The van der Waals surface area contributed by atoms with E-state index in [4.69, 9.17) is 17.3 Å². The van der Waals surface area contributed by atoms with Gasteiger partial charge in [-0.1, -0.05) is 11.6 Å². The molecule has 0 aliphatic heterocycles. The zero-order valence-electron chi connectivity index (χ0n) is 10.2. The summed E-state index contributed by atoms with van der Waals surface area (Å²) >= 11 is 5.85. The monoisotopic (exact) mass is 289 g/mol. The van der Waals surface area contributed by atoms with Crippen LogP contribution in [0, 0.1) is 5.82 Å². The van der Waals surface area contributed by atoms with Gasteiger partial charge in [0, 0.05) is 10.6 Å². The minimum absolute atomic E-state index is 0.0492. The molecule has 0 amide bonds. The van der Waals surface area contributed by atoms with Crippen molar-refractivity contribution in [3.8, 4) is 17.1 Å². The van der Waals surface area contributed by atoms with Crippen molar-refractivity contribution in [3.05, 3.63) is 53.3 Å². The van der Waals surface area contributed by atoms with Crippen LogP contribution in [0.1, 0.15) is 0 Å². The molecule has 1 aromatic heterocycles. The topological polar surface area (TPSA) is 69.6 Å². The molecule has 0 radical (unpaired) electrons. The van der Waals surface area contributed by atoms with E-state index in [1.165, 1.54) is 16.8 Å². The third kappa shape index (κ3) is 2.21. The number of nitrogen functional groups attached to an aromatic ring is 1. The Labute approximate surface area is 118 Å². The molecule has 0 atom stereocenters. The summed E-state index contributed by atoms with van der Waals surface area (Å²) in [6.07, 6.45) is 0. The maximum absolute atomic E-state index is 13.2.